The molecule has 0 aromatic heterocycles. The van der Waals surface area contributed by atoms with Crippen molar-refractivity contribution < 1.29 is 19.1 Å². The van der Waals surface area contributed by atoms with E-state index in [-0.39, 0.29) is 29.2 Å². The van der Waals surface area contributed by atoms with Gasteiger partial charge in [0.05, 0.1) is 5.92 Å². The van der Waals surface area contributed by atoms with Crippen molar-refractivity contribution in [3.8, 4) is 0 Å². The highest BCUT2D eigenvalue weighted by Gasteiger charge is 2.46. The first kappa shape index (κ1) is 30.5. The summed E-state index contributed by atoms with van der Waals surface area (Å²) in [6.45, 7) is 17.0. The Morgan fingerprint density at radius 1 is 1.05 bits per heavy atom. The number of rotatable bonds is 6. The topological polar surface area (TPSA) is 64.1 Å². The lowest BCUT2D eigenvalue weighted by molar-refractivity contribution is -0.147. The van der Waals surface area contributed by atoms with E-state index in [1.165, 1.54) is 11.6 Å². The van der Waals surface area contributed by atoms with Crippen LogP contribution in [0.1, 0.15) is 61.4 Å². The molecule has 2 heterocycles. The maximum atomic E-state index is 15.1. The Morgan fingerprint density at radius 3 is 2.25 bits per heavy atom. The molecule has 218 valence electrons. The van der Waals surface area contributed by atoms with Crippen LogP contribution in [0.4, 0.5) is 4.39 Å². The van der Waals surface area contributed by atoms with Gasteiger partial charge in [-0.15, -0.1) is 0 Å². The minimum absolute atomic E-state index is 0.00958. The quantitative estimate of drug-likeness (QED) is 0.500. The summed E-state index contributed by atoms with van der Waals surface area (Å²) in [7, 11) is 0. The molecule has 4 atom stereocenters. The number of aryl methyl sites for hydroxylation is 3. The van der Waals surface area contributed by atoms with Crippen LogP contribution < -0.4 is 0 Å². The number of carbonyl (C=O) groups is 2. The molecule has 2 aliphatic rings. The number of carbonyl (C=O) groups excluding carboxylic acids is 1. The van der Waals surface area contributed by atoms with Crippen LogP contribution in [0.2, 0.25) is 5.02 Å². The number of carboxylic acids is 1. The predicted octanol–water partition coefficient (Wildman–Crippen LogP) is 5.45. The fraction of sp³-hybridized carbons (Fsp3) is 0.562. The molecule has 1 N–H and O–H groups in total. The van der Waals surface area contributed by atoms with Crippen LogP contribution in [-0.4, -0.2) is 82.0 Å². The Kier molecular flexibility index (Phi) is 8.98. The van der Waals surface area contributed by atoms with Gasteiger partial charge in [0.25, 0.3) is 0 Å². The van der Waals surface area contributed by atoms with Gasteiger partial charge in [0, 0.05) is 55.2 Å². The van der Waals surface area contributed by atoms with Crippen LogP contribution in [0.15, 0.2) is 30.3 Å². The number of amides is 1. The fourth-order valence-electron chi connectivity index (χ4n) is 6.63. The van der Waals surface area contributed by atoms with E-state index in [4.69, 9.17) is 11.6 Å². The SMILES string of the molecule is Cc1cc(C)c(C[C@@H](C(=O)O)N2CCN(C(=O)[C@@H]3CN(C(C)(C)C)C[C@H]3c3ccc(Cl)cc3F)[C@@H](C)C2)c(C)c1. The van der Waals surface area contributed by atoms with Crippen LogP contribution >= 0.6 is 11.6 Å². The summed E-state index contributed by atoms with van der Waals surface area (Å²) in [6.07, 6.45) is 0.426. The molecule has 0 radical (unpaired) electrons. The van der Waals surface area contributed by atoms with E-state index in [1.54, 1.807) is 12.1 Å². The van der Waals surface area contributed by atoms with Crippen molar-refractivity contribution >= 4 is 23.5 Å². The van der Waals surface area contributed by atoms with E-state index >= 15 is 4.39 Å². The van der Waals surface area contributed by atoms with E-state index in [2.05, 4.69) is 37.8 Å². The molecule has 2 aliphatic heterocycles. The molecular weight excluding hydrogens is 529 g/mol. The van der Waals surface area contributed by atoms with Crippen molar-refractivity contribution in [3.63, 3.8) is 0 Å². The number of halogens is 2. The summed E-state index contributed by atoms with van der Waals surface area (Å²) in [4.78, 5) is 32.7. The van der Waals surface area contributed by atoms with E-state index in [1.807, 2.05) is 37.5 Å². The predicted molar refractivity (Wildman–Crippen MR) is 157 cm³/mol. The molecule has 0 unspecified atom stereocenters. The number of piperazine rings is 1. The third-order valence-electron chi connectivity index (χ3n) is 8.85. The fourth-order valence-corrected chi connectivity index (χ4v) is 6.79. The van der Waals surface area contributed by atoms with Crippen LogP contribution in [0.3, 0.4) is 0 Å². The van der Waals surface area contributed by atoms with Gasteiger partial charge >= 0.3 is 5.97 Å². The zero-order chi connectivity index (χ0) is 29.5. The molecular formula is C32H43ClFN3O3. The monoisotopic (exact) mass is 571 g/mol. The highest BCUT2D eigenvalue weighted by molar-refractivity contribution is 6.30. The van der Waals surface area contributed by atoms with Gasteiger partial charge in [-0.25, -0.2) is 4.39 Å². The molecule has 1 amide bonds. The third kappa shape index (κ3) is 6.37. The normalized spacial score (nSPS) is 23.4. The first-order valence-electron chi connectivity index (χ1n) is 14.2. The number of carboxylic acid groups (broad SMARTS) is 1. The van der Waals surface area contributed by atoms with Gasteiger partial charge in [0.2, 0.25) is 5.91 Å². The molecule has 2 fully saturated rings. The molecule has 0 aliphatic carbocycles. The van der Waals surface area contributed by atoms with Crippen molar-refractivity contribution in [3.05, 3.63) is 69.0 Å². The highest BCUT2D eigenvalue weighted by Crippen LogP contribution is 2.39. The maximum absolute atomic E-state index is 15.1. The Balaban J connectivity index is 1.53. The molecule has 40 heavy (non-hydrogen) atoms. The van der Waals surface area contributed by atoms with Gasteiger partial charge in [0.1, 0.15) is 11.9 Å². The minimum Gasteiger partial charge on any atom is -0.480 e. The lowest BCUT2D eigenvalue weighted by Crippen LogP contribution is -2.59. The Morgan fingerprint density at radius 2 is 1.70 bits per heavy atom. The molecule has 6 nitrogen and oxygen atoms in total. The highest BCUT2D eigenvalue weighted by atomic mass is 35.5. The van der Waals surface area contributed by atoms with Crippen LogP contribution in [0.5, 0.6) is 0 Å². The van der Waals surface area contributed by atoms with Crippen molar-refractivity contribution in [1.29, 1.82) is 0 Å². The summed E-state index contributed by atoms with van der Waals surface area (Å²) in [5.41, 5.74) is 4.81. The van der Waals surface area contributed by atoms with Gasteiger partial charge in [-0.1, -0.05) is 35.4 Å². The summed E-state index contributed by atoms with van der Waals surface area (Å²) in [5.74, 6) is -1.89. The second kappa shape index (κ2) is 11.8. The summed E-state index contributed by atoms with van der Waals surface area (Å²) in [5, 5.41) is 10.5. The van der Waals surface area contributed by atoms with Gasteiger partial charge < -0.3 is 10.0 Å². The van der Waals surface area contributed by atoms with Crippen molar-refractivity contribution in [1.82, 2.24) is 14.7 Å². The second-order valence-electron chi connectivity index (χ2n) is 12.8. The largest absolute Gasteiger partial charge is 0.480 e. The van der Waals surface area contributed by atoms with Gasteiger partial charge in [-0.2, -0.15) is 0 Å². The number of likely N-dealkylation sites (tertiary alicyclic amines) is 1. The first-order chi connectivity index (χ1) is 18.7. The summed E-state index contributed by atoms with van der Waals surface area (Å²) in [6, 6.07) is 8.09. The third-order valence-corrected chi connectivity index (χ3v) is 9.09. The Labute approximate surface area is 243 Å². The molecule has 2 aromatic rings. The van der Waals surface area contributed by atoms with E-state index in [9.17, 15) is 14.7 Å². The number of hydrogen-bond acceptors (Lipinski definition) is 4. The number of benzene rings is 2. The molecule has 0 spiro atoms. The van der Waals surface area contributed by atoms with Crippen molar-refractivity contribution in [2.45, 2.75) is 78.4 Å². The minimum atomic E-state index is -0.846. The van der Waals surface area contributed by atoms with Crippen molar-refractivity contribution in [2.24, 2.45) is 5.92 Å². The van der Waals surface area contributed by atoms with Gasteiger partial charge in [-0.05, 0) is 89.3 Å². The van der Waals surface area contributed by atoms with Crippen LogP contribution in [0, 0.1) is 32.5 Å². The molecule has 8 heteroatoms. The first-order valence-corrected chi connectivity index (χ1v) is 14.6. The van der Waals surface area contributed by atoms with Crippen molar-refractivity contribution in [2.75, 3.05) is 32.7 Å². The van der Waals surface area contributed by atoms with E-state index in [0.717, 1.165) is 16.7 Å². The molecule has 0 saturated carbocycles. The standard InChI is InChI=1S/C32H43ClFN3O3/c1-19-12-20(2)25(21(3)13-19)15-29(31(39)40)35-10-11-37(22(4)16-35)30(38)27-18-36(32(5,6)7)17-26(27)24-9-8-23(33)14-28(24)34/h8-9,12-14,22,26-27,29H,10-11,15-18H2,1-7H3,(H,39,40)/t22-,26-,27+,29-/m0/s1. The molecule has 4 rings (SSSR count). The lowest BCUT2D eigenvalue weighted by atomic mass is 9.87. The number of nitrogens with zero attached hydrogens (tertiary/aromatic N) is 3. The zero-order valence-electron chi connectivity index (χ0n) is 24.8. The summed E-state index contributed by atoms with van der Waals surface area (Å²) < 4.78 is 15.1. The van der Waals surface area contributed by atoms with E-state index < -0.39 is 17.9 Å². The Hall–Kier alpha value is -2.48. The Bertz CT molecular complexity index is 1250. The number of aliphatic carboxylic acids is 1. The zero-order valence-corrected chi connectivity index (χ0v) is 25.6. The van der Waals surface area contributed by atoms with Gasteiger partial charge in [-0.3, -0.25) is 19.4 Å². The van der Waals surface area contributed by atoms with Crippen LogP contribution in [-0.2, 0) is 16.0 Å². The lowest BCUT2D eigenvalue weighted by Gasteiger charge is -2.43. The van der Waals surface area contributed by atoms with Gasteiger partial charge in [0.15, 0.2) is 0 Å². The summed E-state index contributed by atoms with van der Waals surface area (Å²) >= 11 is 6.03. The van der Waals surface area contributed by atoms with Crippen LogP contribution in [0.25, 0.3) is 0 Å². The molecule has 2 saturated heterocycles. The smallest absolute Gasteiger partial charge is 0.321 e. The molecule has 0 bridgehead atoms. The maximum Gasteiger partial charge on any atom is 0.321 e. The number of hydrogen-bond donors (Lipinski definition) is 1. The second-order valence-corrected chi connectivity index (χ2v) is 13.2. The molecule has 2 aromatic carbocycles. The average molecular weight is 572 g/mol. The average Bonchev–Trinajstić information content (AvgIpc) is 3.29. The van der Waals surface area contributed by atoms with E-state index in [0.29, 0.717) is 49.7 Å².